The SMILES string of the molecule is COC(=O)[C@]12CCC(=O)C3=CC[C@H](C)[C@@H](CCC1=O)[C@@H]32. The zero-order valence-corrected chi connectivity index (χ0v) is 12.0. The molecule has 20 heavy (non-hydrogen) atoms. The smallest absolute Gasteiger partial charge is 0.320 e. The number of carbonyl (C=O) groups is 3. The summed E-state index contributed by atoms with van der Waals surface area (Å²) in [6.07, 6.45) is 4.65. The zero-order chi connectivity index (χ0) is 14.5. The average Bonchev–Trinajstić information content (AvgIpc) is 2.45. The van der Waals surface area contributed by atoms with Crippen LogP contribution in [0.1, 0.15) is 39.0 Å². The van der Waals surface area contributed by atoms with Crippen LogP contribution in [0.15, 0.2) is 11.6 Å². The highest BCUT2D eigenvalue weighted by Crippen LogP contribution is 2.57. The fourth-order valence-corrected chi connectivity index (χ4v) is 4.51. The maximum atomic E-state index is 12.6. The van der Waals surface area contributed by atoms with Crippen LogP contribution in [0.4, 0.5) is 0 Å². The molecule has 4 atom stereocenters. The van der Waals surface area contributed by atoms with E-state index in [9.17, 15) is 14.4 Å². The third-order valence-corrected chi connectivity index (χ3v) is 5.55. The van der Waals surface area contributed by atoms with Gasteiger partial charge in [-0.2, -0.15) is 0 Å². The fourth-order valence-electron chi connectivity index (χ4n) is 4.51. The number of methoxy groups -OCH3 is 1. The molecule has 0 aliphatic heterocycles. The second-order valence-corrected chi connectivity index (χ2v) is 6.36. The van der Waals surface area contributed by atoms with E-state index in [4.69, 9.17) is 4.74 Å². The first-order chi connectivity index (χ1) is 9.52. The Hall–Kier alpha value is -1.45. The van der Waals surface area contributed by atoms with Crippen molar-refractivity contribution >= 4 is 17.5 Å². The Balaban J connectivity index is 2.16. The number of allylic oxidation sites excluding steroid dienone is 2. The van der Waals surface area contributed by atoms with Crippen molar-refractivity contribution in [3.8, 4) is 0 Å². The second kappa shape index (κ2) is 4.54. The van der Waals surface area contributed by atoms with Gasteiger partial charge in [-0.25, -0.2) is 0 Å². The van der Waals surface area contributed by atoms with Gasteiger partial charge in [0, 0.05) is 18.8 Å². The van der Waals surface area contributed by atoms with Gasteiger partial charge in [0.15, 0.2) is 11.6 Å². The van der Waals surface area contributed by atoms with E-state index in [0.717, 1.165) is 18.4 Å². The first kappa shape index (κ1) is 13.5. The lowest BCUT2D eigenvalue weighted by atomic mass is 9.49. The van der Waals surface area contributed by atoms with Gasteiger partial charge >= 0.3 is 5.97 Å². The van der Waals surface area contributed by atoms with Crippen LogP contribution in [0.2, 0.25) is 0 Å². The van der Waals surface area contributed by atoms with E-state index in [0.29, 0.717) is 18.8 Å². The van der Waals surface area contributed by atoms with Gasteiger partial charge in [0.25, 0.3) is 0 Å². The predicted molar refractivity (Wildman–Crippen MR) is 71.8 cm³/mol. The third kappa shape index (κ3) is 1.57. The Kier molecular flexibility index (Phi) is 3.07. The number of hydrogen-bond donors (Lipinski definition) is 0. The maximum Gasteiger partial charge on any atom is 0.320 e. The van der Waals surface area contributed by atoms with Gasteiger partial charge in [-0.15, -0.1) is 0 Å². The van der Waals surface area contributed by atoms with Gasteiger partial charge in [-0.1, -0.05) is 13.0 Å². The molecule has 3 aliphatic rings. The minimum Gasteiger partial charge on any atom is -0.468 e. The summed E-state index contributed by atoms with van der Waals surface area (Å²) in [6, 6.07) is 0. The second-order valence-electron chi connectivity index (χ2n) is 6.36. The molecule has 0 heterocycles. The van der Waals surface area contributed by atoms with Gasteiger partial charge in [0.1, 0.15) is 5.41 Å². The Morgan fingerprint density at radius 3 is 2.80 bits per heavy atom. The van der Waals surface area contributed by atoms with Crippen LogP contribution in [0, 0.1) is 23.2 Å². The number of ether oxygens (including phenoxy) is 1. The Morgan fingerprint density at radius 1 is 1.35 bits per heavy atom. The molecule has 3 rings (SSSR count). The quantitative estimate of drug-likeness (QED) is 0.543. The van der Waals surface area contributed by atoms with Crippen molar-refractivity contribution in [2.24, 2.45) is 23.2 Å². The molecule has 0 aromatic rings. The van der Waals surface area contributed by atoms with E-state index in [1.165, 1.54) is 7.11 Å². The molecule has 108 valence electrons. The summed E-state index contributed by atoms with van der Waals surface area (Å²) < 4.78 is 4.96. The van der Waals surface area contributed by atoms with Crippen molar-refractivity contribution in [1.82, 2.24) is 0 Å². The lowest BCUT2D eigenvalue weighted by molar-refractivity contribution is -0.169. The molecule has 0 amide bonds. The van der Waals surface area contributed by atoms with Crippen LogP contribution >= 0.6 is 0 Å². The Labute approximate surface area is 118 Å². The fraction of sp³-hybridized carbons (Fsp3) is 0.688. The predicted octanol–water partition coefficient (Wildman–Crippen LogP) is 2.07. The minimum absolute atomic E-state index is 0.0295. The third-order valence-electron chi connectivity index (χ3n) is 5.55. The minimum atomic E-state index is -1.09. The number of hydrogen-bond acceptors (Lipinski definition) is 4. The summed E-state index contributed by atoms with van der Waals surface area (Å²) >= 11 is 0. The molecule has 4 nitrogen and oxygen atoms in total. The lowest BCUT2D eigenvalue weighted by Gasteiger charge is -2.51. The average molecular weight is 276 g/mol. The van der Waals surface area contributed by atoms with Crippen molar-refractivity contribution in [2.75, 3.05) is 7.11 Å². The molecule has 0 radical (unpaired) electrons. The summed E-state index contributed by atoms with van der Waals surface area (Å²) in [6.45, 7) is 2.15. The van der Waals surface area contributed by atoms with E-state index in [1.807, 2.05) is 6.08 Å². The summed E-state index contributed by atoms with van der Waals surface area (Å²) in [5.74, 6) is 0.0490. The molecule has 2 saturated carbocycles. The molecule has 0 aromatic carbocycles. The van der Waals surface area contributed by atoms with Crippen molar-refractivity contribution in [3.05, 3.63) is 11.6 Å². The molecular formula is C16H20O4. The number of esters is 1. The molecule has 0 aromatic heterocycles. The zero-order valence-electron chi connectivity index (χ0n) is 12.0. The number of ketones is 2. The lowest BCUT2D eigenvalue weighted by Crippen LogP contribution is -2.57. The first-order valence-electron chi connectivity index (χ1n) is 7.37. The van der Waals surface area contributed by atoms with Crippen molar-refractivity contribution in [2.45, 2.75) is 39.0 Å². The van der Waals surface area contributed by atoms with Gasteiger partial charge in [-0.3, -0.25) is 14.4 Å². The van der Waals surface area contributed by atoms with Crippen molar-refractivity contribution < 1.29 is 19.1 Å². The molecule has 0 unspecified atom stereocenters. The highest BCUT2D eigenvalue weighted by atomic mass is 16.5. The first-order valence-corrected chi connectivity index (χ1v) is 7.37. The molecule has 0 saturated heterocycles. The van der Waals surface area contributed by atoms with Gasteiger partial charge in [-0.05, 0) is 36.7 Å². The van der Waals surface area contributed by atoms with Crippen molar-refractivity contribution in [1.29, 1.82) is 0 Å². The summed E-state index contributed by atoms with van der Waals surface area (Å²) in [7, 11) is 1.33. The van der Waals surface area contributed by atoms with Crippen LogP contribution in [0.5, 0.6) is 0 Å². The van der Waals surface area contributed by atoms with E-state index < -0.39 is 11.4 Å². The molecule has 2 fully saturated rings. The number of Topliss-reactive ketones (excluding diaryl/α,β-unsaturated/α-hetero) is 2. The van der Waals surface area contributed by atoms with E-state index >= 15 is 0 Å². The normalized spacial score (nSPS) is 39.9. The molecule has 0 N–H and O–H groups in total. The van der Waals surface area contributed by atoms with E-state index in [1.54, 1.807) is 0 Å². The molecule has 4 heteroatoms. The van der Waals surface area contributed by atoms with Crippen LogP contribution in [0.3, 0.4) is 0 Å². The largest absolute Gasteiger partial charge is 0.468 e. The standard InChI is InChI=1S/C16H20O4/c1-9-3-4-11-12(17)7-8-16(15(19)20-2)13(18)6-5-10(9)14(11)16/h4,9-10,14H,3,5-8H2,1-2H3/t9-,10+,14-,16+/m0/s1. The highest BCUT2D eigenvalue weighted by Gasteiger charge is 2.62. The van der Waals surface area contributed by atoms with Crippen molar-refractivity contribution in [3.63, 3.8) is 0 Å². The van der Waals surface area contributed by atoms with Gasteiger partial charge < -0.3 is 4.74 Å². The van der Waals surface area contributed by atoms with Gasteiger partial charge in [0.05, 0.1) is 7.11 Å². The Bertz CT molecular complexity index is 509. The molecule has 0 bridgehead atoms. The van der Waals surface area contributed by atoms with Crippen LogP contribution < -0.4 is 0 Å². The number of rotatable bonds is 1. The topological polar surface area (TPSA) is 60.4 Å². The molecule has 0 spiro atoms. The molecule has 3 aliphatic carbocycles. The van der Waals surface area contributed by atoms with Crippen LogP contribution in [0.25, 0.3) is 0 Å². The summed E-state index contributed by atoms with van der Waals surface area (Å²) in [4.78, 5) is 37.1. The summed E-state index contributed by atoms with van der Waals surface area (Å²) in [5.41, 5.74) is -0.371. The number of carbonyl (C=O) groups excluding carboxylic acids is 3. The highest BCUT2D eigenvalue weighted by molar-refractivity contribution is 6.10. The maximum absolute atomic E-state index is 12.6. The van der Waals surface area contributed by atoms with Crippen LogP contribution in [-0.4, -0.2) is 24.6 Å². The summed E-state index contributed by atoms with van der Waals surface area (Å²) in [5, 5.41) is 0. The Morgan fingerprint density at radius 2 is 2.10 bits per heavy atom. The van der Waals surface area contributed by atoms with E-state index in [2.05, 4.69) is 6.92 Å². The van der Waals surface area contributed by atoms with Crippen LogP contribution in [-0.2, 0) is 19.1 Å². The van der Waals surface area contributed by atoms with E-state index in [-0.39, 0.29) is 29.8 Å². The molecular weight excluding hydrogens is 256 g/mol. The van der Waals surface area contributed by atoms with Gasteiger partial charge in [0.2, 0.25) is 0 Å². The monoisotopic (exact) mass is 276 g/mol.